The fraction of sp³-hybridized carbons (Fsp3) is 0. The summed E-state index contributed by atoms with van der Waals surface area (Å²) < 4.78 is 2.65. The Morgan fingerprint density at radius 3 is 1.67 bits per heavy atom. The lowest BCUT2D eigenvalue weighted by molar-refractivity contribution is 1.30. The molecule has 0 aliphatic carbocycles. The monoisotopic (exact) mass is 627 g/mol. The van der Waals surface area contributed by atoms with E-state index in [1.807, 2.05) is 11.3 Å². The van der Waals surface area contributed by atoms with Crippen molar-refractivity contribution in [2.45, 2.75) is 0 Å². The Labute approximate surface area is 282 Å². The van der Waals surface area contributed by atoms with Crippen molar-refractivity contribution in [2.75, 3.05) is 4.90 Å². The maximum absolute atomic E-state index is 2.44. The highest BCUT2D eigenvalue weighted by molar-refractivity contribution is 7.25. The lowest BCUT2D eigenvalue weighted by Crippen LogP contribution is -2.10. The molecule has 0 N–H and O–H groups in total. The molecule has 224 valence electrons. The molecule has 10 aromatic rings. The number of nitrogens with zero attached hydrogens (tertiary/aromatic N) is 1. The molecule has 0 unspecified atom stereocenters. The Kier molecular flexibility index (Phi) is 6.12. The first-order valence-electron chi connectivity index (χ1n) is 16.4. The van der Waals surface area contributed by atoms with E-state index in [2.05, 4.69) is 181 Å². The Balaban J connectivity index is 1.22. The van der Waals surface area contributed by atoms with Crippen LogP contribution >= 0.6 is 11.3 Å². The third kappa shape index (κ3) is 4.24. The smallest absolute Gasteiger partial charge is 0.0540 e. The predicted octanol–water partition coefficient (Wildman–Crippen LogP) is 13.8. The fourth-order valence-corrected chi connectivity index (χ4v) is 8.68. The zero-order valence-corrected chi connectivity index (χ0v) is 26.9. The first kappa shape index (κ1) is 27.2. The number of fused-ring (bicyclic) bond motifs is 10. The molecule has 1 nitrogen and oxygen atoms in total. The minimum absolute atomic E-state index is 1.13. The molecule has 1 aromatic heterocycles. The van der Waals surface area contributed by atoms with Gasteiger partial charge in [0.05, 0.1) is 5.69 Å². The molecule has 1 heterocycles. The SMILES string of the molecule is c1cc(-c2ccc3sc4ccccc4c3c2)cc(N(c2ccc3c4ccccc4c4ccccc4c3c2)c2cccc3ccccc23)c1. The number of hydrogen-bond donors (Lipinski definition) is 0. The molecule has 0 bridgehead atoms. The van der Waals surface area contributed by atoms with E-state index in [9.17, 15) is 0 Å². The molecule has 0 saturated heterocycles. The molecule has 48 heavy (non-hydrogen) atoms. The van der Waals surface area contributed by atoms with Crippen LogP contribution in [-0.4, -0.2) is 0 Å². The molecule has 0 fully saturated rings. The van der Waals surface area contributed by atoms with Crippen molar-refractivity contribution in [1.82, 2.24) is 0 Å². The van der Waals surface area contributed by atoms with Crippen molar-refractivity contribution < 1.29 is 0 Å². The van der Waals surface area contributed by atoms with Crippen LogP contribution in [0.4, 0.5) is 17.1 Å². The van der Waals surface area contributed by atoms with Gasteiger partial charge in [0.15, 0.2) is 0 Å². The average Bonchev–Trinajstić information content (AvgIpc) is 3.53. The summed E-state index contributed by atoms with van der Waals surface area (Å²) in [5, 5.41) is 12.8. The topological polar surface area (TPSA) is 3.24 Å². The van der Waals surface area contributed by atoms with Gasteiger partial charge in [0.1, 0.15) is 0 Å². The van der Waals surface area contributed by atoms with Crippen LogP contribution in [0.25, 0.3) is 74.4 Å². The molecular weight excluding hydrogens is 599 g/mol. The highest BCUT2D eigenvalue weighted by Crippen LogP contribution is 2.44. The van der Waals surface area contributed by atoms with Crippen molar-refractivity contribution in [2.24, 2.45) is 0 Å². The quantitative estimate of drug-likeness (QED) is 0.176. The van der Waals surface area contributed by atoms with E-state index >= 15 is 0 Å². The summed E-state index contributed by atoms with van der Waals surface area (Å²) in [6.07, 6.45) is 0. The maximum atomic E-state index is 2.44. The molecule has 0 spiro atoms. The van der Waals surface area contributed by atoms with Gasteiger partial charge >= 0.3 is 0 Å². The fourth-order valence-electron chi connectivity index (χ4n) is 7.60. The summed E-state index contributed by atoms with van der Waals surface area (Å²) in [5.41, 5.74) is 5.85. The summed E-state index contributed by atoms with van der Waals surface area (Å²) in [6, 6.07) is 64.6. The van der Waals surface area contributed by atoms with Crippen molar-refractivity contribution in [3.8, 4) is 11.1 Å². The zero-order valence-electron chi connectivity index (χ0n) is 26.1. The van der Waals surface area contributed by atoms with Gasteiger partial charge in [-0.3, -0.25) is 0 Å². The predicted molar refractivity (Wildman–Crippen MR) is 209 cm³/mol. The van der Waals surface area contributed by atoms with Crippen molar-refractivity contribution >= 4 is 91.7 Å². The van der Waals surface area contributed by atoms with Crippen LogP contribution < -0.4 is 4.90 Å². The molecule has 0 radical (unpaired) electrons. The summed E-state index contributed by atoms with van der Waals surface area (Å²) >= 11 is 1.86. The molecule has 9 aromatic carbocycles. The van der Waals surface area contributed by atoms with Gasteiger partial charge in [0.2, 0.25) is 0 Å². The van der Waals surface area contributed by atoms with Crippen LogP contribution in [0.2, 0.25) is 0 Å². The van der Waals surface area contributed by atoms with Crippen molar-refractivity contribution in [3.63, 3.8) is 0 Å². The van der Waals surface area contributed by atoms with Gasteiger partial charge in [0.25, 0.3) is 0 Å². The highest BCUT2D eigenvalue weighted by atomic mass is 32.1. The maximum Gasteiger partial charge on any atom is 0.0540 e. The first-order chi connectivity index (χ1) is 23.8. The van der Waals surface area contributed by atoms with Gasteiger partial charge < -0.3 is 4.90 Å². The highest BCUT2D eigenvalue weighted by Gasteiger charge is 2.18. The third-order valence-electron chi connectivity index (χ3n) is 9.81. The number of benzene rings is 9. The molecule has 2 heteroatoms. The van der Waals surface area contributed by atoms with Crippen molar-refractivity contribution in [3.05, 3.63) is 176 Å². The second-order valence-corrected chi connectivity index (χ2v) is 13.6. The number of thiophene rings is 1. The van der Waals surface area contributed by atoms with E-state index in [0.29, 0.717) is 0 Å². The molecule has 10 rings (SSSR count). The largest absolute Gasteiger partial charge is 0.310 e. The third-order valence-corrected chi connectivity index (χ3v) is 11.0. The summed E-state index contributed by atoms with van der Waals surface area (Å²) in [6.45, 7) is 0. The van der Waals surface area contributed by atoms with E-state index in [0.717, 1.165) is 17.1 Å². The lowest BCUT2D eigenvalue weighted by atomic mass is 9.94. The number of rotatable bonds is 4. The molecular formula is C46H29NS. The first-order valence-corrected chi connectivity index (χ1v) is 17.2. The zero-order chi connectivity index (χ0) is 31.6. The van der Waals surface area contributed by atoms with Crippen molar-refractivity contribution in [1.29, 1.82) is 0 Å². The molecule has 0 atom stereocenters. The molecule has 0 aliphatic heterocycles. The molecule has 0 aliphatic rings. The standard InChI is InChI=1S/C46H29NS/c1-2-15-35-30(11-1)12-10-21-44(35)47(34-24-25-40-38-18-4-3-16-36(38)37-17-5-6-19-39(37)42(40)29-34)33-14-9-13-31(27-33)32-23-26-46-43(28-32)41-20-7-8-22-45(41)48-46/h1-29H. The minimum Gasteiger partial charge on any atom is -0.310 e. The number of anilines is 3. The van der Waals surface area contributed by atoms with Crippen LogP contribution in [0.1, 0.15) is 0 Å². The van der Waals surface area contributed by atoms with Crippen LogP contribution in [0.5, 0.6) is 0 Å². The van der Waals surface area contributed by atoms with E-state index in [1.54, 1.807) is 0 Å². The van der Waals surface area contributed by atoms with Gasteiger partial charge in [-0.05, 0) is 97.4 Å². The molecule has 0 saturated carbocycles. The summed E-state index contributed by atoms with van der Waals surface area (Å²) in [5.74, 6) is 0. The Hall–Kier alpha value is -5.96. The van der Waals surface area contributed by atoms with Gasteiger partial charge in [-0.25, -0.2) is 0 Å². The van der Waals surface area contributed by atoms with Crippen LogP contribution in [0.3, 0.4) is 0 Å². The second kappa shape index (κ2) is 10.8. The molecule has 0 amide bonds. The van der Waals surface area contributed by atoms with E-state index in [1.165, 1.54) is 74.4 Å². The van der Waals surface area contributed by atoms with E-state index in [-0.39, 0.29) is 0 Å². The Morgan fingerprint density at radius 2 is 0.875 bits per heavy atom. The normalized spacial score (nSPS) is 11.8. The number of hydrogen-bond acceptors (Lipinski definition) is 2. The average molecular weight is 628 g/mol. The Morgan fingerprint density at radius 1 is 0.312 bits per heavy atom. The van der Waals surface area contributed by atoms with E-state index < -0.39 is 0 Å². The minimum atomic E-state index is 1.13. The van der Waals surface area contributed by atoms with Crippen LogP contribution in [0.15, 0.2) is 176 Å². The van der Waals surface area contributed by atoms with Crippen LogP contribution in [-0.2, 0) is 0 Å². The van der Waals surface area contributed by atoms with Gasteiger partial charge in [-0.1, -0.05) is 127 Å². The second-order valence-electron chi connectivity index (χ2n) is 12.5. The van der Waals surface area contributed by atoms with Gasteiger partial charge in [-0.15, -0.1) is 11.3 Å². The van der Waals surface area contributed by atoms with E-state index in [4.69, 9.17) is 0 Å². The summed E-state index contributed by atoms with van der Waals surface area (Å²) in [4.78, 5) is 2.44. The Bertz CT molecular complexity index is 2820. The lowest BCUT2D eigenvalue weighted by Gasteiger charge is -2.28. The van der Waals surface area contributed by atoms with Crippen LogP contribution in [0, 0.1) is 0 Å². The van der Waals surface area contributed by atoms with Gasteiger partial charge in [0, 0.05) is 36.9 Å². The van der Waals surface area contributed by atoms with Gasteiger partial charge in [-0.2, -0.15) is 0 Å². The summed E-state index contributed by atoms with van der Waals surface area (Å²) in [7, 11) is 0.